The number of carbonyl (C=O) groups excluding carboxylic acids is 1. The molecule has 0 spiro atoms. The summed E-state index contributed by atoms with van der Waals surface area (Å²) in [5.41, 5.74) is 3.40. The molecule has 0 aliphatic rings. The first kappa shape index (κ1) is 19.7. The summed E-state index contributed by atoms with van der Waals surface area (Å²) in [4.78, 5) is 22.2. The van der Waals surface area contributed by atoms with Crippen LogP contribution in [-0.2, 0) is 4.79 Å². The number of carbonyl (C=O) groups is 1. The molecule has 2 aromatic carbocycles. The standard InChI is InChI=1S/C18H19N3O6/c1-12(13-8-9-16(25-2)17(10-13)26-3)19-20-18(22)11-27-15-7-5-4-6-14(15)21(23)24/h4-10H,11H2,1-3H3,(H,20,22). The van der Waals surface area contributed by atoms with Gasteiger partial charge in [0.05, 0.1) is 24.9 Å². The van der Waals surface area contributed by atoms with Crippen LogP contribution < -0.4 is 19.6 Å². The van der Waals surface area contributed by atoms with Crippen molar-refractivity contribution in [1.82, 2.24) is 5.43 Å². The van der Waals surface area contributed by atoms with Crippen LogP contribution in [0.25, 0.3) is 0 Å². The lowest BCUT2D eigenvalue weighted by molar-refractivity contribution is -0.385. The third kappa shape index (κ3) is 5.18. The number of nitro groups is 1. The summed E-state index contributed by atoms with van der Waals surface area (Å²) in [6.07, 6.45) is 0. The number of para-hydroxylation sites is 2. The van der Waals surface area contributed by atoms with Crippen molar-refractivity contribution in [2.45, 2.75) is 6.92 Å². The second-order valence-electron chi connectivity index (χ2n) is 5.32. The number of nitro benzene ring substituents is 1. The van der Waals surface area contributed by atoms with Crippen LogP contribution in [0.1, 0.15) is 12.5 Å². The lowest BCUT2D eigenvalue weighted by Gasteiger charge is -2.09. The summed E-state index contributed by atoms with van der Waals surface area (Å²) < 4.78 is 15.6. The van der Waals surface area contributed by atoms with Crippen LogP contribution in [-0.4, -0.2) is 37.4 Å². The molecule has 0 aromatic heterocycles. The third-order valence-electron chi connectivity index (χ3n) is 3.57. The zero-order chi connectivity index (χ0) is 19.8. The number of nitrogens with one attached hydrogen (secondary N) is 1. The monoisotopic (exact) mass is 373 g/mol. The summed E-state index contributed by atoms with van der Waals surface area (Å²) in [6, 6.07) is 11.0. The van der Waals surface area contributed by atoms with Gasteiger partial charge in [0.15, 0.2) is 23.9 Å². The Balaban J connectivity index is 1.99. The molecule has 0 saturated heterocycles. The molecule has 0 unspecified atom stereocenters. The molecule has 1 amide bonds. The molecule has 0 bridgehead atoms. The van der Waals surface area contributed by atoms with E-state index in [-0.39, 0.29) is 11.4 Å². The van der Waals surface area contributed by atoms with E-state index in [1.54, 1.807) is 31.2 Å². The van der Waals surface area contributed by atoms with E-state index in [4.69, 9.17) is 14.2 Å². The van der Waals surface area contributed by atoms with Gasteiger partial charge < -0.3 is 14.2 Å². The van der Waals surface area contributed by atoms with E-state index in [1.807, 2.05) is 0 Å². The molecule has 0 heterocycles. The summed E-state index contributed by atoms with van der Waals surface area (Å²) in [5, 5.41) is 14.9. The summed E-state index contributed by atoms with van der Waals surface area (Å²) in [6.45, 7) is 1.30. The van der Waals surface area contributed by atoms with Crippen LogP contribution in [0.15, 0.2) is 47.6 Å². The van der Waals surface area contributed by atoms with Gasteiger partial charge in [-0.05, 0) is 31.2 Å². The minimum Gasteiger partial charge on any atom is -0.493 e. The van der Waals surface area contributed by atoms with E-state index in [9.17, 15) is 14.9 Å². The average Bonchev–Trinajstić information content (AvgIpc) is 2.69. The van der Waals surface area contributed by atoms with Gasteiger partial charge in [0, 0.05) is 11.6 Å². The topological polar surface area (TPSA) is 112 Å². The van der Waals surface area contributed by atoms with Gasteiger partial charge in [-0.25, -0.2) is 5.43 Å². The Morgan fingerprint density at radius 2 is 1.81 bits per heavy atom. The smallest absolute Gasteiger partial charge is 0.310 e. The van der Waals surface area contributed by atoms with Crippen molar-refractivity contribution >= 4 is 17.3 Å². The van der Waals surface area contributed by atoms with Crippen molar-refractivity contribution in [1.29, 1.82) is 0 Å². The van der Waals surface area contributed by atoms with Crippen molar-refractivity contribution < 1.29 is 23.9 Å². The fourth-order valence-electron chi connectivity index (χ4n) is 2.18. The average molecular weight is 373 g/mol. The molecule has 0 atom stereocenters. The van der Waals surface area contributed by atoms with Crippen LogP contribution in [0.4, 0.5) is 5.69 Å². The Bertz CT molecular complexity index is 866. The van der Waals surface area contributed by atoms with Crippen molar-refractivity contribution in [2.75, 3.05) is 20.8 Å². The lowest BCUT2D eigenvalue weighted by Crippen LogP contribution is -2.25. The van der Waals surface area contributed by atoms with Crippen LogP contribution in [0.2, 0.25) is 0 Å². The number of hydrazone groups is 1. The van der Waals surface area contributed by atoms with Gasteiger partial charge in [-0.1, -0.05) is 12.1 Å². The maximum absolute atomic E-state index is 11.9. The van der Waals surface area contributed by atoms with E-state index in [0.717, 1.165) is 5.56 Å². The van der Waals surface area contributed by atoms with Gasteiger partial charge in [-0.15, -0.1) is 0 Å². The fraction of sp³-hybridized carbons (Fsp3) is 0.222. The predicted octanol–water partition coefficient (Wildman–Crippen LogP) is 2.53. The number of methoxy groups -OCH3 is 2. The molecular formula is C18H19N3O6. The molecule has 0 saturated carbocycles. The van der Waals surface area contributed by atoms with Crippen LogP contribution in [0, 0.1) is 10.1 Å². The molecular weight excluding hydrogens is 354 g/mol. The number of benzene rings is 2. The van der Waals surface area contributed by atoms with E-state index >= 15 is 0 Å². The third-order valence-corrected chi connectivity index (χ3v) is 3.57. The molecule has 2 rings (SSSR count). The Morgan fingerprint density at radius 1 is 1.11 bits per heavy atom. The van der Waals surface area contributed by atoms with Crippen LogP contribution in [0.3, 0.4) is 0 Å². The van der Waals surface area contributed by atoms with E-state index < -0.39 is 17.4 Å². The van der Waals surface area contributed by atoms with Crippen molar-refractivity contribution in [2.24, 2.45) is 5.10 Å². The number of hydrogen-bond acceptors (Lipinski definition) is 7. The number of amides is 1. The molecule has 27 heavy (non-hydrogen) atoms. The molecule has 0 aliphatic carbocycles. The summed E-state index contributed by atoms with van der Waals surface area (Å²) in [7, 11) is 3.06. The maximum Gasteiger partial charge on any atom is 0.310 e. The zero-order valence-electron chi connectivity index (χ0n) is 15.1. The molecule has 142 valence electrons. The Labute approximate surface area is 155 Å². The first-order valence-electron chi connectivity index (χ1n) is 7.88. The number of hydrogen-bond donors (Lipinski definition) is 1. The van der Waals surface area contributed by atoms with E-state index in [0.29, 0.717) is 17.2 Å². The molecule has 0 fully saturated rings. The lowest BCUT2D eigenvalue weighted by atomic mass is 10.1. The maximum atomic E-state index is 11.9. The Morgan fingerprint density at radius 3 is 2.48 bits per heavy atom. The number of ether oxygens (including phenoxy) is 3. The second-order valence-corrected chi connectivity index (χ2v) is 5.32. The first-order valence-corrected chi connectivity index (χ1v) is 7.88. The van der Waals surface area contributed by atoms with Gasteiger partial charge in [0.2, 0.25) is 0 Å². The van der Waals surface area contributed by atoms with Gasteiger partial charge in [-0.2, -0.15) is 5.10 Å². The highest BCUT2D eigenvalue weighted by Crippen LogP contribution is 2.28. The molecule has 9 nitrogen and oxygen atoms in total. The highest BCUT2D eigenvalue weighted by Gasteiger charge is 2.15. The highest BCUT2D eigenvalue weighted by atomic mass is 16.6. The number of nitrogens with zero attached hydrogens (tertiary/aromatic N) is 2. The highest BCUT2D eigenvalue weighted by molar-refractivity contribution is 5.99. The summed E-state index contributed by atoms with van der Waals surface area (Å²) in [5.74, 6) is 0.581. The Hall–Kier alpha value is -3.62. The first-order chi connectivity index (χ1) is 13.0. The van der Waals surface area contributed by atoms with Gasteiger partial charge in [0.1, 0.15) is 0 Å². The summed E-state index contributed by atoms with van der Waals surface area (Å²) >= 11 is 0. The van der Waals surface area contributed by atoms with E-state index in [1.165, 1.54) is 32.4 Å². The molecule has 2 aromatic rings. The fourth-order valence-corrected chi connectivity index (χ4v) is 2.18. The molecule has 0 radical (unpaired) electrons. The Kier molecular flexibility index (Phi) is 6.70. The van der Waals surface area contributed by atoms with Crippen LogP contribution >= 0.6 is 0 Å². The van der Waals surface area contributed by atoms with E-state index in [2.05, 4.69) is 10.5 Å². The van der Waals surface area contributed by atoms with Gasteiger partial charge in [0.25, 0.3) is 5.91 Å². The molecule has 1 N–H and O–H groups in total. The van der Waals surface area contributed by atoms with Crippen LogP contribution in [0.5, 0.6) is 17.2 Å². The quantitative estimate of drug-likeness (QED) is 0.432. The normalized spacial score (nSPS) is 10.9. The SMILES string of the molecule is COc1ccc(C(C)=NNC(=O)COc2ccccc2[N+](=O)[O-])cc1OC. The van der Waals surface area contributed by atoms with Crippen molar-refractivity contribution in [3.8, 4) is 17.2 Å². The molecule has 9 heteroatoms. The second kappa shape index (κ2) is 9.18. The largest absolute Gasteiger partial charge is 0.493 e. The minimum absolute atomic E-state index is 0.0123. The predicted molar refractivity (Wildman–Crippen MR) is 98.5 cm³/mol. The van der Waals surface area contributed by atoms with Gasteiger partial charge in [-0.3, -0.25) is 14.9 Å². The zero-order valence-corrected chi connectivity index (χ0v) is 15.1. The minimum atomic E-state index is -0.577. The van der Waals surface area contributed by atoms with Gasteiger partial charge >= 0.3 is 5.69 Å². The van der Waals surface area contributed by atoms with Crippen molar-refractivity contribution in [3.63, 3.8) is 0 Å². The molecule has 0 aliphatic heterocycles. The number of rotatable bonds is 8. The van der Waals surface area contributed by atoms with Crippen molar-refractivity contribution in [3.05, 3.63) is 58.1 Å².